The molecule has 0 aliphatic carbocycles. The van der Waals surface area contributed by atoms with Crippen LogP contribution in [0.25, 0.3) is 0 Å². The Balaban J connectivity index is 3.12. The van der Waals surface area contributed by atoms with Gasteiger partial charge in [0.1, 0.15) is 0 Å². The first kappa shape index (κ1) is 3.91. The number of hydrogen-bond donors (Lipinski definition) is 0. The van der Waals surface area contributed by atoms with Crippen LogP contribution in [0.2, 0.25) is 0 Å². The molecule has 1 aromatic heterocycles. The summed E-state index contributed by atoms with van der Waals surface area (Å²) in [6.45, 7) is 0. The average Bonchev–Trinajstić information content (AvgIpc) is 1.91. The van der Waals surface area contributed by atoms with Crippen molar-refractivity contribution < 1.29 is 0 Å². The lowest BCUT2D eigenvalue weighted by Gasteiger charge is -1.80. The van der Waals surface area contributed by atoms with E-state index in [1.165, 1.54) is 6.20 Å². The topological polar surface area (TPSA) is 78.3 Å². The van der Waals surface area contributed by atoms with E-state index < -0.39 is 0 Å². The van der Waals surface area contributed by atoms with Crippen molar-refractivity contribution in [2.45, 2.75) is 0 Å². The van der Waals surface area contributed by atoms with Crippen LogP contribution in [0.15, 0.2) is 6.20 Å². The summed E-state index contributed by atoms with van der Waals surface area (Å²) in [6, 6.07) is 0. The van der Waals surface area contributed by atoms with Gasteiger partial charge in [0.15, 0.2) is 5.82 Å². The molecule has 1 aromatic rings. The smallest absolute Gasteiger partial charge is 0.188 e. The lowest BCUT2D eigenvalue weighted by Crippen LogP contribution is -1.95. The fourth-order valence-corrected chi connectivity index (χ4v) is 0.235. The molecule has 36 valence electrons. The van der Waals surface area contributed by atoms with E-state index >= 15 is 0 Å². The van der Waals surface area contributed by atoms with E-state index in [2.05, 4.69) is 10.3 Å². The van der Waals surface area contributed by atoms with Gasteiger partial charge in [0, 0.05) is 0 Å². The summed E-state index contributed by atoms with van der Waals surface area (Å²) in [5.74, 6) is 6.66. The van der Waals surface area contributed by atoms with Crippen molar-refractivity contribution in [3.05, 3.63) is 6.20 Å². The van der Waals surface area contributed by atoms with Gasteiger partial charge in [-0.15, -0.1) is 9.89 Å². The minimum Gasteiger partial charge on any atom is -0.280 e. The van der Waals surface area contributed by atoms with Crippen molar-refractivity contribution in [3.8, 4) is 0 Å². The third kappa shape index (κ3) is 0.466. The predicted molar refractivity (Wildman–Crippen MR) is 21.3 cm³/mol. The molecule has 0 aliphatic heterocycles. The van der Waals surface area contributed by atoms with Gasteiger partial charge in [-0.25, -0.2) is 5.84 Å². The Labute approximate surface area is 39.9 Å². The van der Waals surface area contributed by atoms with Gasteiger partial charge < -0.3 is 0 Å². The summed E-state index contributed by atoms with van der Waals surface area (Å²) in [6.07, 6.45) is 1.20. The lowest BCUT2D eigenvalue weighted by molar-refractivity contribution is 0.667. The van der Waals surface area contributed by atoms with Crippen LogP contribution in [0.1, 0.15) is 0 Å². The summed E-state index contributed by atoms with van der Waals surface area (Å²) in [7, 11) is 0. The minimum atomic E-state index is 0.000000000000000222. The third-order valence-electron chi connectivity index (χ3n) is 0.549. The van der Waals surface area contributed by atoms with Gasteiger partial charge in [0.25, 0.3) is 0 Å². The summed E-state index contributed by atoms with van der Waals surface area (Å²) in [5, 5.41) is 6.42. The Morgan fingerprint density at radius 1 is 1.71 bits per heavy atom. The van der Waals surface area contributed by atoms with E-state index in [1.807, 2.05) is 0 Å². The van der Waals surface area contributed by atoms with Gasteiger partial charge in [-0.2, -0.15) is 0 Å². The van der Waals surface area contributed by atoms with Gasteiger partial charge >= 0.3 is 0 Å². The summed E-state index contributed by atoms with van der Waals surface area (Å²) >= 11 is 0. The fourth-order valence-electron chi connectivity index (χ4n) is 0.235. The molecule has 0 bridgehead atoms. The highest BCUT2D eigenvalue weighted by Crippen LogP contribution is 1.91. The highest BCUT2D eigenvalue weighted by Gasteiger charge is 1.89. The van der Waals surface area contributed by atoms with Crippen molar-refractivity contribution in [1.82, 2.24) is 26.7 Å². The maximum absolute atomic E-state index is 6.75. The number of nitrogens with zero attached hydrogens (tertiary/aromatic N) is 3. The third-order valence-corrected chi connectivity index (χ3v) is 0.549. The van der Waals surface area contributed by atoms with E-state index in [-0.39, 0.29) is 5.82 Å². The fraction of sp³-hybridized carbons (Fsp3) is 0. The lowest BCUT2D eigenvalue weighted by atomic mass is 10.8. The Hall–Kier alpha value is -1.26. The van der Waals surface area contributed by atoms with Crippen LogP contribution >= 0.6 is 0 Å². The second kappa shape index (κ2) is 1.11. The van der Waals surface area contributed by atoms with Gasteiger partial charge in [0.2, 0.25) is 0 Å². The van der Waals surface area contributed by atoms with E-state index in [0.717, 1.165) is 0 Å². The zero-order valence-corrected chi connectivity index (χ0v) is 3.42. The summed E-state index contributed by atoms with van der Waals surface area (Å²) in [4.78, 5) is 0.639. The first-order chi connectivity index (χ1) is 3.30. The Morgan fingerprint density at radius 2 is 2.43 bits per heavy atom. The maximum Gasteiger partial charge on any atom is 0.188 e. The zero-order chi connectivity index (χ0) is 5.28. The van der Waals surface area contributed by atoms with Gasteiger partial charge in [-0.05, 0) is 5.21 Å². The van der Waals surface area contributed by atoms with E-state index in [1.54, 1.807) is 0 Å². The highest BCUT2D eigenvalue weighted by molar-refractivity contribution is 5.14. The molecule has 0 amide bonds. The van der Waals surface area contributed by atoms with Crippen LogP contribution in [0, 0.1) is 0 Å². The van der Waals surface area contributed by atoms with Crippen LogP contribution in [-0.2, 0) is 0 Å². The molecule has 1 heterocycles. The quantitative estimate of drug-likeness (QED) is 0.426. The first-order valence-corrected chi connectivity index (χ1v) is 1.64. The van der Waals surface area contributed by atoms with E-state index in [9.17, 15) is 0 Å². The monoisotopic (exact) mass is 97.0 g/mol. The molecule has 0 spiro atoms. The molecule has 0 aliphatic rings. The minimum absolute atomic E-state index is 0.000000000000000222. The van der Waals surface area contributed by atoms with Gasteiger partial charge in [-0.3, -0.25) is 5.73 Å². The number of nitrogens with one attached hydrogen (secondary N) is 2. The number of rotatable bonds is 0. The molecule has 0 atom stereocenters. The molecular weight excluding hydrogens is 94.1 g/mol. The van der Waals surface area contributed by atoms with Crippen LogP contribution in [0.3, 0.4) is 0 Å². The second-order valence-electron chi connectivity index (χ2n) is 1.03. The average molecular weight is 97.1 g/mol. The molecule has 0 aromatic carbocycles. The molecule has 0 saturated heterocycles. The van der Waals surface area contributed by atoms with Crippen LogP contribution < -0.4 is 11.6 Å². The molecule has 2 N–H and O–H groups in total. The van der Waals surface area contributed by atoms with Crippen molar-refractivity contribution in [2.24, 2.45) is 0 Å². The van der Waals surface area contributed by atoms with E-state index in [0.29, 0.717) is 4.79 Å². The zero-order valence-electron chi connectivity index (χ0n) is 3.42. The summed E-state index contributed by atoms with van der Waals surface area (Å²) in [5.41, 5.74) is 6.75. The SMILES string of the molecule is [NH]c1cnnn1[NH]. The van der Waals surface area contributed by atoms with Crippen molar-refractivity contribution in [3.63, 3.8) is 0 Å². The van der Waals surface area contributed by atoms with Crippen LogP contribution in [0.5, 0.6) is 0 Å². The molecule has 5 nitrogen and oxygen atoms in total. The standard InChI is InChI=1S/C2H3N5/c3-2-1-5-6-7(2)4/h1,3-4H. The Morgan fingerprint density at radius 3 is 2.57 bits per heavy atom. The largest absolute Gasteiger partial charge is 0.280 e. The van der Waals surface area contributed by atoms with E-state index in [4.69, 9.17) is 11.6 Å². The van der Waals surface area contributed by atoms with Gasteiger partial charge in [-0.1, -0.05) is 0 Å². The molecule has 1 rings (SSSR count). The molecule has 2 radical (unpaired) electrons. The van der Waals surface area contributed by atoms with Crippen molar-refractivity contribution >= 4 is 5.82 Å². The number of hydrogen-bond acceptors (Lipinski definition) is 2. The van der Waals surface area contributed by atoms with Crippen LogP contribution in [-0.4, -0.2) is 15.1 Å². The normalized spacial score (nSPS) is 9.14. The molecule has 0 fully saturated rings. The molecule has 5 heteroatoms. The first-order valence-electron chi connectivity index (χ1n) is 1.64. The molecule has 0 saturated carbocycles. The second-order valence-corrected chi connectivity index (χ2v) is 1.03. The molecular formula is C2H3N5. The maximum atomic E-state index is 6.75. The number of aromatic nitrogens is 3. The predicted octanol–water partition coefficient (Wildman–Crippen LogP) is -0.762. The highest BCUT2D eigenvalue weighted by atomic mass is 15.6. The van der Waals surface area contributed by atoms with Crippen LogP contribution in [0.4, 0.5) is 5.82 Å². The Kier molecular flexibility index (Phi) is 0.619. The molecule has 7 heavy (non-hydrogen) atoms. The van der Waals surface area contributed by atoms with Crippen molar-refractivity contribution in [1.29, 1.82) is 0 Å². The molecule has 0 unspecified atom stereocenters. The van der Waals surface area contributed by atoms with Crippen molar-refractivity contribution in [2.75, 3.05) is 0 Å². The van der Waals surface area contributed by atoms with Gasteiger partial charge in [0.05, 0.1) is 6.20 Å². The Bertz CT molecular complexity index is 138. The summed E-state index contributed by atoms with van der Waals surface area (Å²) < 4.78 is 0.